The SMILES string of the molecule is Cc1cc(CNc2ccc3cn[nH]c3c2)c(C)s1. The number of rotatable bonds is 3. The maximum Gasteiger partial charge on any atom is 0.0670 e. The molecule has 0 fully saturated rings. The van der Waals surface area contributed by atoms with Crippen molar-refractivity contribution in [2.75, 3.05) is 5.32 Å². The predicted molar refractivity (Wildman–Crippen MR) is 77.2 cm³/mol. The quantitative estimate of drug-likeness (QED) is 0.748. The fraction of sp³-hybridized carbons (Fsp3) is 0.214. The minimum atomic E-state index is 0.871. The van der Waals surface area contributed by atoms with Gasteiger partial charge in [-0.15, -0.1) is 11.3 Å². The van der Waals surface area contributed by atoms with Crippen LogP contribution in [0.5, 0.6) is 0 Å². The highest BCUT2D eigenvalue weighted by atomic mass is 32.1. The monoisotopic (exact) mass is 257 g/mol. The summed E-state index contributed by atoms with van der Waals surface area (Å²) in [6.45, 7) is 5.19. The Morgan fingerprint density at radius 3 is 2.94 bits per heavy atom. The van der Waals surface area contributed by atoms with Crippen LogP contribution < -0.4 is 5.32 Å². The van der Waals surface area contributed by atoms with E-state index in [1.807, 2.05) is 17.5 Å². The van der Waals surface area contributed by atoms with Crippen LogP contribution in [0, 0.1) is 13.8 Å². The second-order valence-electron chi connectivity index (χ2n) is 4.46. The number of benzene rings is 1. The molecule has 0 bridgehead atoms. The molecule has 0 amide bonds. The Kier molecular flexibility index (Phi) is 2.80. The van der Waals surface area contributed by atoms with Gasteiger partial charge in [-0.1, -0.05) is 0 Å². The molecule has 3 aromatic rings. The molecule has 2 heterocycles. The van der Waals surface area contributed by atoms with E-state index in [-0.39, 0.29) is 0 Å². The maximum absolute atomic E-state index is 4.03. The van der Waals surface area contributed by atoms with E-state index in [0.717, 1.165) is 23.1 Å². The van der Waals surface area contributed by atoms with E-state index in [4.69, 9.17) is 0 Å². The molecule has 4 heteroatoms. The molecular formula is C14H15N3S. The van der Waals surface area contributed by atoms with E-state index in [0.29, 0.717) is 0 Å². The van der Waals surface area contributed by atoms with E-state index in [2.05, 4.69) is 53.6 Å². The first-order valence-electron chi connectivity index (χ1n) is 5.95. The van der Waals surface area contributed by atoms with Crippen LogP contribution >= 0.6 is 11.3 Å². The normalized spacial score (nSPS) is 11.0. The average molecular weight is 257 g/mol. The van der Waals surface area contributed by atoms with Crippen molar-refractivity contribution in [2.45, 2.75) is 20.4 Å². The molecule has 0 aliphatic rings. The van der Waals surface area contributed by atoms with Crippen LogP contribution in [0.3, 0.4) is 0 Å². The first-order valence-corrected chi connectivity index (χ1v) is 6.77. The van der Waals surface area contributed by atoms with Crippen molar-refractivity contribution in [2.24, 2.45) is 0 Å². The molecule has 0 unspecified atom stereocenters. The Morgan fingerprint density at radius 1 is 1.28 bits per heavy atom. The Hall–Kier alpha value is -1.81. The first-order chi connectivity index (χ1) is 8.72. The zero-order valence-corrected chi connectivity index (χ0v) is 11.3. The van der Waals surface area contributed by atoms with Gasteiger partial charge in [-0.05, 0) is 43.7 Å². The Labute approximate surface area is 110 Å². The molecule has 0 saturated heterocycles. The highest BCUT2D eigenvalue weighted by Gasteiger charge is 2.03. The van der Waals surface area contributed by atoms with Gasteiger partial charge >= 0.3 is 0 Å². The van der Waals surface area contributed by atoms with Crippen LogP contribution in [0.1, 0.15) is 15.3 Å². The molecule has 1 aromatic carbocycles. The highest BCUT2D eigenvalue weighted by Crippen LogP contribution is 2.22. The summed E-state index contributed by atoms with van der Waals surface area (Å²) in [5.74, 6) is 0. The number of hydrogen-bond donors (Lipinski definition) is 2. The molecule has 0 aliphatic carbocycles. The summed E-state index contributed by atoms with van der Waals surface area (Å²) >= 11 is 1.85. The van der Waals surface area contributed by atoms with E-state index in [1.54, 1.807) is 0 Å². The van der Waals surface area contributed by atoms with Gasteiger partial charge in [-0.25, -0.2) is 0 Å². The Balaban J connectivity index is 1.78. The zero-order chi connectivity index (χ0) is 12.5. The molecule has 3 rings (SSSR count). The number of nitrogens with one attached hydrogen (secondary N) is 2. The number of aryl methyl sites for hydroxylation is 2. The van der Waals surface area contributed by atoms with Gasteiger partial charge in [0.15, 0.2) is 0 Å². The van der Waals surface area contributed by atoms with Crippen molar-refractivity contribution in [3.63, 3.8) is 0 Å². The molecule has 92 valence electrons. The second-order valence-corrected chi connectivity index (χ2v) is 5.92. The van der Waals surface area contributed by atoms with E-state index in [1.165, 1.54) is 15.3 Å². The van der Waals surface area contributed by atoms with Crippen LogP contribution in [0.2, 0.25) is 0 Å². The molecular weight excluding hydrogens is 242 g/mol. The first kappa shape index (κ1) is 11.3. The summed E-state index contributed by atoms with van der Waals surface area (Å²) in [7, 11) is 0. The zero-order valence-electron chi connectivity index (χ0n) is 10.4. The van der Waals surface area contributed by atoms with Crippen LogP contribution in [0.25, 0.3) is 10.9 Å². The van der Waals surface area contributed by atoms with Crippen molar-refractivity contribution in [3.8, 4) is 0 Å². The molecule has 0 atom stereocenters. The average Bonchev–Trinajstić information content (AvgIpc) is 2.92. The summed E-state index contributed by atoms with van der Waals surface area (Å²) in [4.78, 5) is 2.76. The lowest BCUT2D eigenvalue weighted by Crippen LogP contribution is -1.99. The lowest BCUT2D eigenvalue weighted by molar-refractivity contribution is 1.12. The van der Waals surface area contributed by atoms with Crippen molar-refractivity contribution in [1.29, 1.82) is 0 Å². The van der Waals surface area contributed by atoms with Gasteiger partial charge < -0.3 is 5.32 Å². The third-order valence-corrected chi connectivity index (χ3v) is 4.08. The standard InChI is InChI=1S/C14H15N3S/c1-9-5-12(10(2)18-9)7-15-13-4-3-11-8-16-17-14(11)6-13/h3-6,8,15H,7H2,1-2H3,(H,16,17). The number of H-pyrrole nitrogens is 1. The summed E-state index contributed by atoms with van der Waals surface area (Å²) in [5, 5.41) is 11.6. The van der Waals surface area contributed by atoms with Crippen LogP contribution in [0.15, 0.2) is 30.5 Å². The van der Waals surface area contributed by atoms with E-state index < -0.39 is 0 Å². The van der Waals surface area contributed by atoms with Crippen molar-refractivity contribution in [3.05, 3.63) is 45.8 Å². The van der Waals surface area contributed by atoms with Gasteiger partial charge in [0.25, 0.3) is 0 Å². The molecule has 2 N–H and O–H groups in total. The molecule has 0 spiro atoms. The van der Waals surface area contributed by atoms with Gasteiger partial charge in [0.2, 0.25) is 0 Å². The van der Waals surface area contributed by atoms with Crippen molar-refractivity contribution in [1.82, 2.24) is 10.2 Å². The third kappa shape index (κ3) is 2.11. The van der Waals surface area contributed by atoms with Gasteiger partial charge in [-0.2, -0.15) is 5.10 Å². The number of aromatic amines is 1. The number of aromatic nitrogens is 2. The minimum Gasteiger partial charge on any atom is -0.381 e. The summed E-state index contributed by atoms with van der Waals surface area (Å²) in [6.07, 6.45) is 1.84. The summed E-state index contributed by atoms with van der Waals surface area (Å²) in [5.41, 5.74) is 3.57. The predicted octanol–water partition coefficient (Wildman–Crippen LogP) is 3.85. The van der Waals surface area contributed by atoms with Crippen molar-refractivity contribution >= 4 is 27.9 Å². The molecule has 0 saturated carbocycles. The number of nitrogens with zero attached hydrogens (tertiary/aromatic N) is 1. The van der Waals surface area contributed by atoms with Crippen LogP contribution in [-0.2, 0) is 6.54 Å². The van der Waals surface area contributed by atoms with E-state index in [9.17, 15) is 0 Å². The Morgan fingerprint density at radius 2 is 2.17 bits per heavy atom. The lowest BCUT2D eigenvalue weighted by Gasteiger charge is -2.06. The molecule has 0 radical (unpaired) electrons. The maximum atomic E-state index is 4.03. The Bertz CT molecular complexity index is 681. The molecule has 18 heavy (non-hydrogen) atoms. The smallest absolute Gasteiger partial charge is 0.0670 e. The number of fused-ring (bicyclic) bond motifs is 1. The largest absolute Gasteiger partial charge is 0.381 e. The van der Waals surface area contributed by atoms with Gasteiger partial charge in [0.05, 0.1) is 11.7 Å². The number of hydrogen-bond acceptors (Lipinski definition) is 3. The fourth-order valence-corrected chi connectivity index (χ4v) is 3.05. The summed E-state index contributed by atoms with van der Waals surface area (Å²) < 4.78 is 0. The third-order valence-electron chi connectivity index (χ3n) is 3.07. The van der Waals surface area contributed by atoms with Crippen molar-refractivity contribution < 1.29 is 0 Å². The molecule has 3 nitrogen and oxygen atoms in total. The lowest BCUT2D eigenvalue weighted by atomic mass is 10.2. The highest BCUT2D eigenvalue weighted by molar-refractivity contribution is 7.12. The van der Waals surface area contributed by atoms with Gasteiger partial charge in [-0.3, -0.25) is 5.10 Å². The second kappa shape index (κ2) is 4.46. The van der Waals surface area contributed by atoms with Crippen LogP contribution in [-0.4, -0.2) is 10.2 Å². The summed E-state index contributed by atoms with van der Waals surface area (Å²) in [6, 6.07) is 8.51. The van der Waals surface area contributed by atoms with Crippen LogP contribution in [0.4, 0.5) is 5.69 Å². The molecule has 0 aliphatic heterocycles. The number of anilines is 1. The van der Waals surface area contributed by atoms with Gasteiger partial charge in [0.1, 0.15) is 0 Å². The fourth-order valence-electron chi connectivity index (χ4n) is 2.10. The van der Waals surface area contributed by atoms with E-state index >= 15 is 0 Å². The number of thiophene rings is 1. The topological polar surface area (TPSA) is 40.7 Å². The van der Waals surface area contributed by atoms with Gasteiger partial charge in [0, 0.05) is 27.4 Å². The minimum absolute atomic E-state index is 0.871. The molecule has 2 aromatic heterocycles.